The third-order valence-corrected chi connectivity index (χ3v) is 2.99. The summed E-state index contributed by atoms with van der Waals surface area (Å²) in [6, 6.07) is 13.6. The fourth-order valence-corrected chi connectivity index (χ4v) is 2.04. The van der Waals surface area contributed by atoms with E-state index in [2.05, 4.69) is 5.32 Å². The van der Waals surface area contributed by atoms with Gasteiger partial charge in [-0.25, -0.2) is 0 Å². The summed E-state index contributed by atoms with van der Waals surface area (Å²) in [7, 11) is 0. The van der Waals surface area contributed by atoms with Crippen LogP contribution in [0.4, 0.5) is 5.69 Å². The van der Waals surface area contributed by atoms with Crippen LogP contribution < -0.4 is 10.1 Å². The maximum absolute atomic E-state index is 6.14. The highest BCUT2D eigenvalue weighted by molar-refractivity contribution is 6.31. The van der Waals surface area contributed by atoms with Crippen LogP contribution in [0.1, 0.15) is 5.56 Å². The molecular formula is C13H10ClNO. The van der Waals surface area contributed by atoms with Crippen molar-refractivity contribution in [3.05, 3.63) is 53.1 Å². The van der Waals surface area contributed by atoms with Crippen LogP contribution >= 0.6 is 11.6 Å². The molecule has 0 saturated carbocycles. The maximum atomic E-state index is 6.14. The van der Waals surface area contributed by atoms with Crippen LogP contribution in [0.5, 0.6) is 11.5 Å². The fraction of sp³-hybridized carbons (Fsp3) is 0.0769. The summed E-state index contributed by atoms with van der Waals surface area (Å²) in [6.45, 7) is 0.687. The van der Waals surface area contributed by atoms with Gasteiger partial charge in [0.25, 0.3) is 0 Å². The lowest BCUT2D eigenvalue weighted by molar-refractivity contribution is 0.484. The second-order valence-corrected chi connectivity index (χ2v) is 4.08. The highest BCUT2D eigenvalue weighted by atomic mass is 35.5. The monoisotopic (exact) mass is 231 g/mol. The summed E-state index contributed by atoms with van der Waals surface area (Å²) in [5.74, 6) is 1.66. The first kappa shape index (κ1) is 9.55. The second kappa shape index (κ2) is 3.72. The molecule has 3 rings (SSSR count). The van der Waals surface area contributed by atoms with Crippen molar-refractivity contribution >= 4 is 17.3 Å². The Labute approximate surface area is 98.8 Å². The van der Waals surface area contributed by atoms with Crippen LogP contribution in [-0.4, -0.2) is 0 Å². The molecule has 0 fully saturated rings. The molecule has 1 aliphatic rings. The molecule has 0 bridgehead atoms. The van der Waals surface area contributed by atoms with Crippen LogP contribution in [0.3, 0.4) is 0 Å². The minimum absolute atomic E-state index is 0.687. The minimum Gasteiger partial charge on any atom is -0.455 e. The van der Waals surface area contributed by atoms with Gasteiger partial charge in [-0.3, -0.25) is 0 Å². The lowest BCUT2D eigenvalue weighted by Crippen LogP contribution is -1.97. The average Bonchev–Trinajstić information content (AvgIpc) is 2.48. The fourth-order valence-electron chi connectivity index (χ4n) is 1.81. The number of para-hydroxylation sites is 2. The standard InChI is InChI=1S/C13H10ClNO/c14-10-4-3-7-12-9(10)8-15-11-5-1-2-6-13(11)16-12/h1-7,15H,8H2. The SMILES string of the molecule is Clc1cccc2c1CNc1ccccc1O2. The number of nitrogens with one attached hydrogen (secondary N) is 1. The number of fused-ring (bicyclic) bond motifs is 2. The molecule has 1 N–H and O–H groups in total. The summed E-state index contributed by atoms with van der Waals surface area (Å²) in [5, 5.41) is 4.05. The minimum atomic E-state index is 0.687. The van der Waals surface area contributed by atoms with Gasteiger partial charge < -0.3 is 10.1 Å². The van der Waals surface area contributed by atoms with Crippen molar-refractivity contribution in [3.63, 3.8) is 0 Å². The van der Waals surface area contributed by atoms with Gasteiger partial charge >= 0.3 is 0 Å². The van der Waals surface area contributed by atoms with E-state index in [4.69, 9.17) is 16.3 Å². The molecule has 0 spiro atoms. The summed E-state index contributed by atoms with van der Waals surface area (Å²) < 4.78 is 5.84. The Kier molecular flexibility index (Phi) is 2.22. The van der Waals surface area contributed by atoms with Gasteiger partial charge in [-0.2, -0.15) is 0 Å². The lowest BCUT2D eigenvalue weighted by Gasteiger charge is -2.07. The normalized spacial score (nSPS) is 12.8. The molecule has 0 aromatic heterocycles. The Morgan fingerprint density at radius 2 is 1.81 bits per heavy atom. The topological polar surface area (TPSA) is 21.3 Å². The molecule has 0 atom stereocenters. The average molecular weight is 232 g/mol. The number of hydrogen-bond acceptors (Lipinski definition) is 2. The third-order valence-electron chi connectivity index (χ3n) is 2.64. The maximum Gasteiger partial charge on any atom is 0.150 e. The Morgan fingerprint density at radius 1 is 1.00 bits per heavy atom. The van der Waals surface area contributed by atoms with Gasteiger partial charge in [-0.05, 0) is 24.3 Å². The van der Waals surface area contributed by atoms with E-state index in [1.165, 1.54) is 0 Å². The van der Waals surface area contributed by atoms with Crippen LogP contribution in [-0.2, 0) is 6.54 Å². The third kappa shape index (κ3) is 1.51. The molecule has 0 radical (unpaired) electrons. The van der Waals surface area contributed by atoms with E-state index < -0.39 is 0 Å². The molecule has 2 nitrogen and oxygen atoms in total. The van der Waals surface area contributed by atoms with Gasteiger partial charge in [0, 0.05) is 17.1 Å². The van der Waals surface area contributed by atoms with Gasteiger partial charge in [0.15, 0.2) is 5.75 Å². The van der Waals surface area contributed by atoms with Gasteiger partial charge in [0.2, 0.25) is 0 Å². The molecule has 80 valence electrons. The Balaban J connectivity index is 2.12. The smallest absolute Gasteiger partial charge is 0.150 e. The first-order valence-electron chi connectivity index (χ1n) is 5.13. The van der Waals surface area contributed by atoms with Crippen LogP contribution in [0.15, 0.2) is 42.5 Å². The molecule has 0 unspecified atom stereocenters. The van der Waals surface area contributed by atoms with E-state index in [-0.39, 0.29) is 0 Å². The number of halogens is 1. The number of anilines is 1. The lowest BCUT2D eigenvalue weighted by atomic mass is 10.2. The molecule has 1 heterocycles. The zero-order valence-electron chi connectivity index (χ0n) is 8.53. The van der Waals surface area contributed by atoms with Gasteiger partial charge in [0.05, 0.1) is 5.69 Å². The van der Waals surface area contributed by atoms with Crippen molar-refractivity contribution in [2.24, 2.45) is 0 Å². The summed E-state index contributed by atoms with van der Waals surface area (Å²) in [4.78, 5) is 0. The summed E-state index contributed by atoms with van der Waals surface area (Å²) in [6.07, 6.45) is 0. The number of rotatable bonds is 0. The van der Waals surface area contributed by atoms with Crippen molar-refractivity contribution in [1.29, 1.82) is 0 Å². The molecule has 1 aliphatic heterocycles. The van der Waals surface area contributed by atoms with Crippen LogP contribution in [0, 0.1) is 0 Å². The molecule has 16 heavy (non-hydrogen) atoms. The van der Waals surface area contributed by atoms with Crippen molar-refractivity contribution in [1.82, 2.24) is 0 Å². The predicted molar refractivity (Wildman–Crippen MR) is 65.3 cm³/mol. The summed E-state index contributed by atoms with van der Waals surface area (Å²) in [5.41, 5.74) is 2.00. The molecule has 0 amide bonds. The van der Waals surface area contributed by atoms with E-state index in [1.54, 1.807) is 0 Å². The van der Waals surface area contributed by atoms with Crippen molar-refractivity contribution in [2.75, 3.05) is 5.32 Å². The molecule has 0 saturated heterocycles. The quantitative estimate of drug-likeness (QED) is 0.738. The first-order valence-corrected chi connectivity index (χ1v) is 5.50. The van der Waals surface area contributed by atoms with E-state index in [9.17, 15) is 0 Å². The highest BCUT2D eigenvalue weighted by Gasteiger charge is 2.15. The molecule has 2 aromatic carbocycles. The van der Waals surface area contributed by atoms with Gasteiger partial charge in [-0.1, -0.05) is 29.8 Å². The van der Waals surface area contributed by atoms with Crippen LogP contribution in [0.25, 0.3) is 0 Å². The van der Waals surface area contributed by atoms with E-state index in [1.807, 2.05) is 42.5 Å². The molecule has 2 aromatic rings. The zero-order chi connectivity index (χ0) is 11.0. The van der Waals surface area contributed by atoms with Crippen molar-refractivity contribution < 1.29 is 4.74 Å². The summed E-state index contributed by atoms with van der Waals surface area (Å²) >= 11 is 6.14. The molecule has 0 aliphatic carbocycles. The van der Waals surface area contributed by atoms with Crippen molar-refractivity contribution in [3.8, 4) is 11.5 Å². The van der Waals surface area contributed by atoms with Crippen LogP contribution in [0.2, 0.25) is 5.02 Å². The Morgan fingerprint density at radius 3 is 2.75 bits per heavy atom. The zero-order valence-corrected chi connectivity index (χ0v) is 9.29. The second-order valence-electron chi connectivity index (χ2n) is 3.67. The highest BCUT2D eigenvalue weighted by Crippen LogP contribution is 2.37. The van der Waals surface area contributed by atoms with Gasteiger partial charge in [-0.15, -0.1) is 0 Å². The Bertz CT molecular complexity index is 539. The first-order chi connectivity index (χ1) is 7.84. The van der Waals surface area contributed by atoms with Crippen molar-refractivity contribution in [2.45, 2.75) is 6.54 Å². The predicted octanol–water partition coefficient (Wildman–Crippen LogP) is 4.06. The van der Waals surface area contributed by atoms with Gasteiger partial charge in [0.1, 0.15) is 5.75 Å². The van der Waals surface area contributed by atoms with E-state index >= 15 is 0 Å². The largest absolute Gasteiger partial charge is 0.455 e. The molecule has 3 heteroatoms. The molecular weight excluding hydrogens is 222 g/mol. The van der Waals surface area contributed by atoms with E-state index in [0.29, 0.717) is 6.54 Å². The van der Waals surface area contributed by atoms with E-state index in [0.717, 1.165) is 27.8 Å². The number of ether oxygens (including phenoxy) is 1. The number of hydrogen-bond donors (Lipinski definition) is 1. The number of benzene rings is 2. The Hall–Kier alpha value is -1.67.